The second-order valence-corrected chi connectivity index (χ2v) is 10.1. The highest BCUT2D eigenvalue weighted by Gasteiger charge is 2.54. The summed E-state index contributed by atoms with van der Waals surface area (Å²) in [5.41, 5.74) is 3.64. The normalized spacial score (nSPS) is 30.4. The van der Waals surface area contributed by atoms with Crippen molar-refractivity contribution in [3.8, 4) is 11.5 Å². The van der Waals surface area contributed by atoms with E-state index in [1.54, 1.807) is 11.1 Å². The van der Waals surface area contributed by atoms with E-state index in [4.69, 9.17) is 4.74 Å². The molecule has 3 fully saturated rings. The number of hydrogen-bond acceptors (Lipinski definition) is 2. The largest absolute Gasteiger partial charge is 0.457 e. The van der Waals surface area contributed by atoms with Gasteiger partial charge in [-0.15, -0.1) is 12.4 Å². The summed E-state index contributed by atoms with van der Waals surface area (Å²) in [7, 11) is 0. The lowest BCUT2D eigenvalue weighted by molar-refractivity contribution is -0.0240. The number of para-hydroxylation sites is 1. The quantitative estimate of drug-likeness (QED) is 0.538. The van der Waals surface area contributed by atoms with Gasteiger partial charge in [0.2, 0.25) is 0 Å². The van der Waals surface area contributed by atoms with Crippen molar-refractivity contribution in [2.24, 2.45) is 11.8 Å². The second-order valence-electron chi connectivity index (χ2n) is 10.1. The molecule has 0 amide bonds. The zero-order chi connectivity index (χ0) is 19.3. The maximum Gasteiger partial charge on any atom is 0.127 e. The van der Waals surface area contributed by atoms with E-state index in [2.05, 4.69) is 35.2 Å². The Morgan fingerprint density at radius 1 is 0.900 bits per heavy atom. The molecule has 1 saturated heterocycles. The Morgan fingerprint density at radius 2 is 1.77 bits per heavy atom. The predicted molar refractivity (Wildman–Crippen MR) is 125 cm³/mol. The van der Waals surface area contributed by atoms with E-state index >= 15 is 0 Å². The van der Waals surface area contributed by atoms with Crippen LogP contribution in [0.4, 0.5) is 0 Å². The first kappa shape index (κ1) is 20.4. The Labute approximate surface area is 187 Å². The van der Waals surface area contributed by atoms with E-state index < -0.39 is 0 Å². The number of ether oxygens (including phenoxy) is 1. The highest BCUT2D eigenvalue weighted by Crippen LogP contribution is 2.56. The number of fused-ring (bicyclic) bond motifs is 1. The average Bonchev–Trinajstić information content (AvgIpc) is 2.73. The molecule has 0 radical (unpaired) electrons. The molecule has 2 aromatic rings. The van der Waals surface area contributed by atoms with Crippen molar-refractivity contribution in [1.82, 2.24) is 4.90 Å². The lowest BCUT2D eigenvalue weighted by Gasteiger charge is -2.59. The summed E-state index contributed by atoms with van der Waals surface area (Å²) < 4.78 is 6.24. The van der Waals surface area contributed by atoms with Crippen molar-refractivity contribution >= 4 is 12.4 Å². The maximum absolute atomic E-state index is 6.24. The third kappa shape index (κ3) is 3.37. The van der Waals surface area contributed by atoms with Crippen LogP contribution in [0.25, 0.3) is 0 Å². The summed E-state index contributed by atoms with van der Waals surface area (Å²) in [4.78, 5) is 2.91. The van der Waals surface area contributed by atoms with Crippen LogP contribution in [-0.4, -0.2) is 24.0 Å². The van der Waals surface area contributed by atoms with E-state index in [1.807, 2.05) is 18.2 Å². The molecule has 0 aromatic heterocycles. The molecule has 0 N–H and O–H groups in total. The lowest BCUT2D eigenvalue weighted by Crippen LogP contribution is -2.61. The molecule has 4 aliphatic rings. The lowest BCUT2D eigenvalue weighted by atomic mass is 9.52. The standard InChI is InChI=1S/C27H33NO.ClH/c1-2-9-22(10-3-1)29-23-13-12-21-17-26-24-11-4-5-14-27(24,25(21)18-23)15-16-28(26)19-20-7-6-8-20;/h1-3,9-10,12-13,18,20,24,26H,4-8,11,14-17,19H2;1H/t24-,26+,27+;/m0./s1. The maximum atomic E-state index is 6.24. The fourth-order valence-electron chi connectivity index (χ4n) is 6.99. The number of rotatable bonds is 4. The van der Waals surface area contributed by atoms with Crippen molar-refractivity contribution in [2.45, 2.75) is 69.2 Å². The van der Waals surface area contributed by atoms with Crippen molar-refractivity contribution in [3.05, 3.63) is 59.7 Å². The number of hydrogen-bond donors (Lipinski definition) is 0. The SMILES string of the molecule is Cl.c1ccc(Oc2ccc3c(c2)[C@@]24CCCC[C@H]2[C@@H](C3)N(CC2CCC2)CC4)cc1. The van der Waals surface area contributed by atoms with Crippen molar-refractivity contribution in [2.75, 3.05) is 13.1 Å². The molecule has 2 nitrogen and oxygen atoms in total. The van der Waals surface area contributed by atoms with Gasteiger partial charge in [-0.3, -0.25) is 4.90 Å². The zero-order valence-corrected chi connectivity index (χ0v) is 18.7. The van der Waals surface area contributed by atoms with Gasteiger partial charge in [-0.05, 0) is 92.3 Å². The van der Waals surface area contributed by atoms with E-state index in [9.17, 15) is 0 Å². The molecular weight excluding hydrogens is 390 g/mol. The van der Waals surface area contributed by atoms with Crippen LogP contribution >= 0.6 is 12.4 Å². The molecule has 6 rings (SSSR count). The minimum absolute atomic E-state index is 0. The van der Waals surface area contributed by atoms with Crippen LogP contribution in [-0.2, 0) is 11.8 Å². The molecule has 1 aliphatic heterocycles. The molecule has 2 bridgehead atoms. The first-order chi connectivity index (χ1) is 14.3. The van der Waals surface area contributed by atoms with Crippen LogP contribution in [0.1, 0.15) is 62.5 Å². The van der Waals surface area contributed by atoms with Gasteiger partial charge >= 0.3 is 0 Å². The van der Waals surface area contributed by atoms with Gasteiger partial charge in [0.15, 0.2) is 0 Å². The summed E-state index contributed by atoms with van der Waals surface area (Å²) >= 11 is 0. The highest BCUT2D eigenvalue weighted by atomic mass is 35.5. The number of likely N-dealkylation sites (tertiary alicyclic amines) is 1. The number of benzene rings is 2. The Kier molecular flexibility index (Phi) is 5.58. The van der Waals surface area contributed by atoms with Gasteiger partial charge in [0, 0.05) is 18.0 Å². The minimum atomic E-state index is 0. The first-order valence-corrected chi connectivity index (χ1v) is 11.9. The Bertz CT molecular complexity index is 880. The van der Waals surface area contributed by atoms with Crippen molar-refractivity contribution in [1.29, 1.82) is 0 Å². The Balaban J connectivity index is 0.00000193. The van der Waals surface area contributed by atoms with E-state index in [-0.39, 0.29) is 12.4 Å². The summed E-state index contributed by atoms with van der Waals surface area (Å²) in [6.45, 7) is 2.67. The molecule has 3 heteroatoms. The zero-order valence-electron chi connectivity index (χ0n) is 17.9. The van der Waals surface area contributed by atoms with Gasteiger partial charge in [0.1, 0.15) is 11.5 Å². The van der Waals surface area contributed by atoms with Crippen LogP contribution in [0, 0.1) is 11.8 Å². The monoisotopic (exact) mass is 423 g/mol. The van der Waals surface area contributed by atoms with Crippen LogP contribution < -0.4 is 4.74 Å². The summed E-state index contributed by atoms with van der Waals surface area (Å²) in [6, 6.07) is 18.0. The number of halogens is 1. The van der Waals surface area contributed by atoms with Crippen molar-refractivity contribution in [3.63, 3.8) is 0 Å². The van der Waals surface area contributed by atoms with E-state index in [1.165, 1.54) is 70.9 Å². The fourth-order valence-corrected chi connectivity index (χ4v) is 6.99. The van der Waals surface area contributed by atoms with Crippen LogP contribution in [0.15, 0.2) is 48.5 Å². The molecule has 3 atom stereocenters. The van der Waals surface area contributed by atoms with Crippen LogP contribution in [0.5, 0.6) is 11.5 Å². The molecule has 0 unspecified atom stereocenters. The Hall–Kier alpha value is -1.51. The highest BCUT2D eigenvalue weighted by molar-refractivity contribution is 5.85. The van der Waals surface area contributed by atoms with Gasteiger partial charge < -0.3 is 4.74 Å². The molecule has 30 heavy (non-hydrogen) atoms. The van der Waals surface area contributed by atoms with E-state index in [0.717, 1.165) is 29.4 Å². The van der Waals surface area contributed by atoms with Gasteiger partial charge in [0.05, 0.1) is 0 Å². The van der Waals surface area contributed by atoms with Gasteiger partial charge in [-0.1, -0.05) is 43.5 Å². The summed E-state index contributed by atoms with van der Waals surface area (Å²) in [6.07, 6.45) is 12.6. The smallest absolute Gasteiger partial charge is 0.127 e. The third-order valence-electron chi connectivity index (χ3n) is 8.62. The molecule has 2 aromatic carbocycles. The topological polar surface area (TPSA) is 12.5 Å². The summed E-state index contributed by atoms with van der Waals surface area (Å²) in [5, 5.41) is 0. The predicted octanol–water partition coefficient (Wildman–Crippen LogP) is 6.76. The van der Waals surface area contributed by atoms with Crippen LogP contribution in [0.3, 0.4) is 0 Å². The number of nitrogens with zero attached hydrogens (tertiary/aromatic N) is 1. The summed E-state index contributed by atoms with van der Waals surface area (Å²) in [5.74, 6) is 3.79. The van der Waals surface area contributed by atoms with Crippen molar-refractivity contribution < 1.29 is 4.74 Å². The fraction of sp³-hybridized carbons (Fsp3) is 0.556. The third-order valence-corrected chi connectivity index (χ3v) is 8.62. The molecule has 1 heterocycles. The number of piperidine rings is 1. The first-order valence-electron chi connectivity index (χ1n) is 11.9. The molecule has 160 valence electrons. The van der Waals surface area contributed by atoms with Crippen LogP contribution in [0.2, 0.25) is 0 Å². The average molecular weight is 424 g/mol. The van der Waals surface area contributed by atoms with Gasteiger partial charge in [0.25, 0.3) is 0 Å². The molecule has 2 saturated carbocycles. The van der Waals surface area contributed by atoms with Gasteiger partial charge in [-0.2, -0.15) is 0 Å². The molecule has 3 aliphatic carbocycles. The molecule has 0 spiro atoms. The molecular formula is C27H34ClNO. The Morgan fingerprint density at radius 3 is 2.57 bits per heavy atom. The van der Waals surface area contributed by atoms with E-state index in [0.29, 0.717) is 5.41 Å². The van der Waals surface area contributed by atoms with Gasteiger partial charge in [-0.25, -0.2) is 0 Å². The minimum Gasteiger partial charge on any atom is -0.457 e. The second kappa shape index (κ2) is 8.20.